The van der Waals surface area contributed by atoms with E-state index in [1.165, 1.54) is 19.2 Å². The van der Waals surface area contributed by atoms with Gasteiger partial charge >= 0.3 is 5.97 Å². The summed E-state index contributed by atoms with van der Waals surface area (Å²) < 4.78 is 4.98. The van der Waals surface area contributed by atoms with Gasteiger partial charge in [-0.3, -0.25) is 14.5 Å². The number of carbonyl (C=O) groups excluding carboxylic acids is 2. The number of imide groups is 1. The normalized spacial score (nSPS) is 14.1. The molecule has 0 aromatic heterocycles. The van der Waals surface area contributed by atoms with E-state index in [0.717, 1.165) is 11.0 Å². The zero-order valence-electron chi connectivity index (χ0n) is 11.7. The summed E-state index contributed by atoms with van der Waals surface area (Å²) >= 11 is 0. The lowest BCUT2D eigenvalue weighted by Gasteiger charge is -2.15. The fourth-order valence-corrected chi connectivity index (χ4v) is 2.08. The van der Waals surface area contributed by atoms with E-state index in [9.17, 15) is 19.5 Å². The van der Waals surface area contributed by atoms with Crippen LogP contribution in [0.25, 0.3) is 0 Å². The first-order valence-electron chi connectivity index (χ1n) is 6.35. The van der Waals surface area contributed by atoms with Crippen molar-refractivity contribution >= 4 is 23.5 Å². The van der Waals surface area contributed by atoms with Crippen LogP contribution in [0.4, 0.5) is 5.69 Å². The number of anilines is 1. The zero-order chi connectivity index (χ0) is 16.3. The van der Waals surface area contributed by atoms with E-state index in [4.69, 9.17) is 9.84 Å². The maximum absolute atomic E-state index is 12.0. The molecule has 0 radical (unpaired) electrons. The number of hydrogen-bond acceptors (Lipinski definition) is 6. The Balaban J connectivity index is 2.33. The molecule has 0 aliphatic carbocycles. The number of aliphatic hydroxyl groups is 1. The molecular weight excluding hydrogens is 292 g/mol. The van der Waals surface area contributed by atoms with Crippen molar-refractivity contribution in [1.29, 1.82) is 0 Å². The number of hydrogen-bond donors (Lipinski definition) is 3. The highest BCUT2D eigenvalue weighted by Gasteiger charge is 2.31. The zero-order valence-corrected chi connectivity index (χ0v) is 11.7. The minimum absolute atomic E-state index is 0.0609. The first kappa shape index (κ1) is 15.5. The summed E-state index contributed by atoms with van der Waals surface area (Å²) in [4.78, 5) is 35.9. The Labute approximate surface area is 125 Å². The number of carbonyl (C=O) groups is 3. The predicted molar refractivity (Wildman–Crippen MR) is 75.5 cm³/mol. The topological polar surface area (TPSA) is 116 Å². The maximum Gasteiger partial charge on any atom is 0.341 e. The summed E-state index contributed by atoms with van der Waals surface area (Å²) in [6, 6.07) is 4.49. The molecule has 8 heteroatoms. The molecule has 2 amide bonds. The van der Waals surface area contributed by atoms with Gasteiger partial charge in [-0.15, -0.1) is 0 Å². The molecule has 0 atom stereocenters. The number of aromatic carboxylic acids is 1. The Morgan fingerprint density at radius 3 is 2.68 bits per heavy atom. The van der Waals surface area contributed by atoms with Crippen molar-refractivity contribution < 1.29 is 29.3 Å². The molecule has 1 aliphatic heterocycles. The lowest BCUT2D eigenvalue weighted by molar-refractivity contribution is -0.137. The highest BCUT2D eigenvalue weighted by atomic mass is 16.5. The Morgan fingerprint density at radius 1 is 1.36 bits per heavy atom. The lowest BCUT2D eigenvalue weighted by atomic mass is 10.1. The van der Waals surface area contributed by atoms with Gasteiger partial charge in [-0.25, -0.2) is 4.79 Å². The van der Waals surface area contributed by atoms with Crippen LogP contribution < -0.4 is 10.1 Å². The Hall–Kier alpha value is -2.87. The Kier molecular flexibility index (Phi) is 4.42. The third-order valence-corrected chi connectivity index (χ3v) is 3.06. The van der Waals surface area contributed by atoms with E-state index in [2.05, 4.69) is 5.32 Å². The second kappa shape index (κ2) is 6.27. The standard InChI is InChI=1S/C14H14N2O6/c1-22-10-4-2-3-8(12(10)14(20)21)15-9-7-11(18)16(5-6-17)13(9)19/h2-4,7,15,17H,5-6H2,1H3,(H,20,21). The fourth-order valence-electron chi connectivity index (χ4n) is 2.08. The number of methoxy groups -OCH3 is 1. The van der Waals surface area contributed by atoms with Gasteiger partial charge in [0.25, 0.3) is 11.8 Å². The Bertz CT molecular complexity index is 667. The lowest BCUT2D eigenvalue weighted by Crippen LogP contribution is -2.34. The van der Waals surface area contributed by atoms with E-state index >= 15 is 0 Å². The van der Waals surface area contributed by atoms with Gasteiger partial charge in [-0.1, -0.05) is 6.07 Å². The van der Waals surface area contributed by atoms with E-state index in [1.54, 1.807) is 6.07 Å². The largest absolute Gasteiger partial charge is 0.496 e. The molecule has 0 fully saturated rings. The summed E-state index contributed by atoms with van der Waals surface area (Å²) in [6.45, 7) is -0.471. The molecule has 3 N–H and O–H groups in total. The third kappa shape index (κ3) is 2.77. The minimum atomic E-state index is -1.23. The van der Waals surface area contributed by atoms with Crippen molar-refractivity contribution in [2.45, 2.75) is 0 Å². The number of carboxylic acids is 1. The molecule has 2 rings (SSSR count). The average molecular weight is 306 g/mol. The molecule has 0 spiro atoms. The third-order valence-electron chi connectivity index (χ3n) is 3.06. The molecule has 0 bridgehead atoms. The summed E-state index contributed by atoms with van der Waals surface area (Å²) in [6.07, 6.45) is 1.06. The van der Waals surface area contributed by atoms with E-state index in [0.29, 0.717) is 0 Å². The monoisotopic (exact) mass is 306 g/mol. The van der Waals surface area contributed by atoms with Crippen LogP contribution in [0.15, 0.2) is 30.0 Å². The number of ether oxygens (including phenoxy) is 1. The molecule has 0 saturated heterocycles. The van der Waals surface area contributed by atoms with Crippen molar-refractivity contribution in [2.75, 3.05) is 25.6 Å². The van der Waals surface area contributed by atoms with Gasteiger partial charge < -0.3 is 20.3 Å². The van der Waals surface area contributed by atoms with Gasteiger partial charge in [-0.2, -0.15) is 0 Å². The van der Waals surface area contributed by atoms with Crippen LogP contribution in [0.3, 0.4) is 0 Å². The molecule has 1 heterocycles. The molecule has 0 unspecified atom stereocenters. The van der Waals surface area contributed by atoms with Gasteiger partial charge in [0.05, 0.1) is 25.9 Å². The fraction of sp³-hybridized carbons (Fsp3) is 0.214. The second-order valence-electron chi connectivity index (χ2n) is 4.39. The van der Waals surface area contributed by atoms with Gasteiger partial charge in [0, 0.05) is 6.08 Å². The number of benzene rings is 1. The Morgan fingerprint density at radius 2 is 2.09 bits per heavy atom. The predicted octanol–water partition coefficient (Wildman–Crippen LogP) is 0.0503. The number of rotatable bonds is 6. The first-order chi connectivity index (χ1) is 10.5. The van der Waals surface area contributed by atoms with Crippen molar-refractivity contribution in [2.24, 2.45) is 0 Å². The van der Waals surface area contributed by atoms with E-state index in [-0.39, 0.29) is 35.8 Å². The molecular formula is C14H14N2O6. The van der Waals surface area contributed by atoms with Gasteiger partial charge in [0.2, 0.25) is 0 Å². The van der Waals surface area contributed by atoms with Gasteiger partial charge in [0.15, 0.2) is 0 Å². The summed E-state index contributed by atoms with van der Waals surface area (Å²) in [7, 11) is 1.33. The quantitative estimate of drug-likeness (QED) is 0.636. The van der Waals surface area contributed by atoms with E-state index in [1.807, 2.05) is 0 Å². The van der Waals surface area contributed by atoms with Crippen LogP contribution in [0.2, 0.25) is 0 Å². The van der Waals surface area contributed by atoms with Crippen molar-refractivity contribution in [3.63, 3.8) is 0 Å². The highest BCUT2D eigenvalue weighted by Crippen LogP contribution is 2.28. The number of nitrogens with one attached hydrogen (secondary N) is 1. The SMILES string of the molecule is COc1cccc(NC2=CC(=O)N(CCO)C2=O)c1C(=O)O. The van der Waals surface area contributed by atoms with Crippen LogP contribution in [-0.4, -0.2) is 53.2 Å². The number of carboxylic acid groups (broad SMARTS) is 1. The van der Waals surface area contributed by atoms with Crippen molar-refractivity contribution in [1.82, 2.24) is 4.90 Å². The average Bonchev–Trinajstić information content (AvgIpc) is 2.74. The van der Waals surface area contributed by atoms with Gasteiger partial charge in [-0.05, 0) is 12.1 Å². The molecule has 8 nitrogen and oxygen atoms in total. The summed E-state index contributed by atoms with van der Waals surface area (Å²) in [5, 5.41) is 20.8. The summed E-state index contributed by atoms with van der Waals surface area (Å²) in [5.41, 5.74) is -0.0777. The molecule has 0 saturated carbocycles. The number of β-amino-alcohol motifs (C(OH)–C–C–N with tert-alkyl or cyclic N) is 1. The van der Waals surface area contributed by atoms with Crippen LogP contribution in [-0.2, 0) is 9.59 Å². The smallest absolute Gasteiger partial charge is 0.341 e. The number of amides is 2. The number of nitrogens with zero attached hydrogens (tertiary/aromatic N) is 1. The molecule has 1 aromatic carbocycles. The highest BCUT2D eigenvalue weighted by molar-refractivity contribution is 6.17. The minimum Gasteiger partial charge on any atom is -0.496 e. The number of aliphatic hydroxyl groups excluding tert-OH is 1. The van der Waals surface area contributed by atoms with Crippen LogP contribution >= 0.6 is 0 Å². The maximum atomic E-state index is 12.0. The molecule has 1 aliphatic rings. The van der Waals surface area contributed by atoms with E-state index < -0.39 is 17.8 Å². The first-order valence-corrected chi connectivity index (χ1v) is 6.35. The molecule has 116 valence electrons. The molecule has 22 heavy (non-hydrogen) atoms. The summed E-state index contributed by atoms with van der Waals surface area (Å²) in [5.74, 6) is -2.30. The van der Waals surface area contributed by atoms with Crippen LogP contribution in [0.1, 0.15) is 10.4 Å². The van der Waals surface area contributed by atoms with Gasteiger partial charge in [0.1, 0.15) is 17.0 Å². The van der Waals surface area contributed by atoms with Crippen LogP contribution in [0.5, 0.6) is 5.75 Å². The van der Waals surface area contributed by atoms with Crippen LogP contribution in [0, 0.1) is 0 Å². The van der Waals surface area contributed by atoms with Crippen molar-refractivity contribution in [3.8, 4) is 5.75 Å². The molecule has 1 aromatic rings. The second-order valence-corrected chi connectivity index (χ2v) is 4.39. The van der Waals surface area contributed by atoms with Crippen molar-refractivity contribution in [3.05, 3.63) is 35.5 Å².